The number of nitrogens with one attached hydrogen (secondary N) is 1. The second-order valence-electron chi connectivity index (χ2n) is 6.19. The number of aromatic nitrogens is 2. The Bertz CT molecular complexity index is 577. The first-order valence-corrected chi connectivity index (χ1v) is 7.84. The standard InChI is InChI=1S/C15H21N3O4/c19-13(9-4-2-1-3-5-9)14(20)18-7-6-10-11(8-18)16-17-12(10)15(21)22/h9,13,19H,1-8H2,(H,16,17)(H,21,22)/t13-/m1/s1. The molecule has 22 heavy (non-hydrogen) atoms. The van der Waals surface area contributed by atoms with E-state index in [9.17, 15) is 14.7 Å². The van der Waals surface area contributed by atoms with Gasteiger partial charge in [-0.1, -0.05) is 19.3 Å². The second-order valence-corrected chi connectivity index (χ2v) is 6.19. The molecule has 1 aromatic heterocycles. The quantitative estimate of drug-likeness (QED) is 0.770. The van der Waals surface area contributed by atoms with E-state index in [1.54, 1.807) is 4.90 Å². The molecule has 1 atom stereocenters. The summed E-state index contributed by atoms with van der Waals surface area (Å²) in [7, 11) is 0. The van der Waals surface area contributed by atoms with Crippen molar-refractivity contribution in [3.63, 3.8) is 0 Å². The molecule has 1 saturated carbocycles. The summed E-state index contributed by atoms with van der Waals surface area (Å²) in [6.07, 6.45) is 4.64. The summed E-state index contributed by atoms with van der Waals surface area (Å²) in [6, 6.07) is 0. The van der Waals surface area contributed by atoms with Gasteiger partial charge in [0, 0.05) is 12.1 Å². The Balaban J connectivity index is 1.68. The van der Waals surface area contributed by atoms with Crippen LogP contribution < -0.4 is 0 Å². The molecule has 0 aromatic carbocycles. The van der Waals surface area contributed by atoms with Crippen molar-refractivity contribution in [2.24, 2.45) is 5.92 Å². The highest BCUT2D eigenvalue weighted by atomic mass is 16.4. The SMILES string of the molecule is O=C(O)c1n[nH]c2c1CCN(C(=O)[C@H](O)C1CCCCC1)C2. The van der Waals surface area contributed by atoms with Crippen LogP contribution in [0.2, 0.25) is 0 Å². The first-order chi connectivity index (χ1) is 10.6. The Hall–Kier alpha value is -1.89. The van der Waals surface area contributed by atoms with Gasteiger partial charge in [-0.05, 0) is 25.2 Å². The van der Waals surface area contributed by atoms with Crippen molar-refractivity contribution < 1.29 is 19.8 Å². The average molecular weight is 307 g/mol. The normalized spacial score (nSPS) is 20.5. The summed E-state index contributed by atoms with van der Waals surface area (Å²) in [5, 5.41) is 25.9. The largest absolute Gasteiger partial charge is 0.476 e. The third-order valence-corrected chi connectivity index (χ3v) is 4.80. The Morgan fingerprint density at radius 1 is 1.27 bits per heavy atom. The van der Waals surface area contributed by atoms with Crippen LogP contribution in [0.15, 0.2) is 0 Å². The summed E-state index contributed by atoms with van der Waals surface area (Å²) in [4.78, 5) is 25.1. The molecule has 0 radical (unpaired) electrons. The highest BCUT2D eigenvalue weighted by Crippen LogP contribution is 2.28. The summed E-state index contributed by atoms with van der Waals surface area (Å²) in [5.41, 5.74) is 1.37. The number of nitrogens with zero attached hydrogens (tertiary/aromatic N) is 2. The Labute approximate surface area is 128 Å². The fraction of sp³-hybridized carbons (Fsp3) is 0.667. The molecule has 2 heterocycles. The number of H-pyrrole nitrogens is 1. The van der Waals surface area contributed by atoms with Crippen LogP contribution in [0.5, 0.6) is 0 Å². The van der Waals surface area contributed by atoms with Crippen LogP contribution in [-0.2, 0) is 17.8 Å². The van der Waals surface area contributed by atoms with E-state index >= 15 is 0 Å². The molecule has 0 saturated heterocycles. The van der Waals surface area contributed by atoms with E-state index < -0.39 is 12.1 Å². The van der Waals surface area contributed by atoms with Crippen LogP contribution in [0.3, 0.4) is 0 Å². The van der Waals surface area contributed by atoms with Gasteiger partial charge in [0.1, 0.15) is 6.10 Å². The Morgan fingerprint density at radius 2 is 2.00 bits per heavy atom. The van der Waals surface area contributed by atoms with Gasteiger partial charge in [0.15, 0.2) is 5.69 Å². The van der Waals surface area contributed by atoms with E-state index in [1.807, 2.05) is 0 Å². The third-order valence-electron chi connectivity index (χ3n) is 4.80. The molecule has 0 unspecified atom stereocenters. The van der Waals surface area contributed by atoms with Crippen LogP contribution in [0.1, 0.15) is 53.8 Å². The fourth-order valence-corrected chi connectivity index (χ4v) is 3.52. The molecular formula is C15H21N3O4. The van der Waals surface area contributed by atoms with Crippen molar-refractivity contribution in [2.45, 2.75) is 51.2 Å². The number of carbonyl (C=O) groups is 2. The predicted molar refractivity (Wildman–Crippen MR) is 77.2 cm³/mol. The van der Waals surface area contributed by atoms with Crippen molar-refractivity contribution in [3.05, 3.63) is 17.0 Å². The van der Waals surface area contributed by atoms with E-state index in [-0.39, 0.29) is 24.1 Å². The van der Waals surface area contributed by atoms with Gasteiger partial charge in [-0.25, -0.2) is 4.79 Å². The van der Waals surface area contributed by atoms with Gasteiger partial charge in [0.2, 0.25) is 0 Å². The third kappa shape index (κ3) is 2.72. The Morgan fingerprint density at radius 3 is 2.68 bits per heavy atom. The number of aromatic carboxylic acids is 1. The zero-order valence-corrected chi connectivity index (χ0v) is 12.4. The maximum Gasteiger partial charge on any atom is 0.356 e. The van der Waals surface area contributed by atoms with Crippen molar-refractivity contribution in [1.82, 2.24) is 15.1 Å². The number of carboxylic acids is 1. The zero-order valence-electron chi connectivity index (χ0n) is 12.4. The number of aliphatic hydroxyl groups is 1. The molecule has 1 fully saturated rings. The number of rotatable bonds is 3. The number of aromatic amines is 1. The van der Waals surface area contributed by atoms with Crippen LogP contribution >= 0.6 is 0 Å². The summed E-state index contributed by atoms with van der Waals surface area (Å²) < 4.78 is 0. The first kappa shape index (κ1) is 15.0. The molecule has 120 valence electrons. The van der Waals surface area contributed by atoms with Crippen molar-refractivity contribution >= 4 is 11.9 Å². The van der Waals surface area contributed by atoms with E-state index in [0.29, 0.717) is 24.2 Å². The molecule has 2 aliphatic rings. The van der Waals surface area contributed by atoms with E-state index in [1.165, 1.54) is 6.42 Å². The zero-order chi connectivity index (χ0) is 15.7. The molecule has 1 amide bonds. The number of hydrogen-bond donors (Lipinski definition) is 3. The smallest absolute Gasteiger partial charge is 0.356 e. The maximum atomic E-state index is 12.5. The maximum absolute atomic E-state index is 12.5. The van der Waals surface area contributed by atoms with Crippen LogP contribution in [0.25, 0.3) is 0 Å². The molecule has 0 bridgehead atoms. The Kier molecular flexibility index (Phi) is 4.15. The molecule has 0 spiro atoms. The molecule has 7 nitrogen and oxygen atoms in total. The molecule has 1 aromatic rings. The van der Waals surface area contributed by atoms with Crippen molar-refractivity contribution in [3.8, 4) is 0 Å². The highest BCUT2D eigenvalue weighted by Gasteiger charge is 2.34. The van der Waals surface area contributed by atoms with Crippen LogP contribution in [0.4, 0.5) is 0 Å². The van der Waals surface area contributed by atoms with Gasteiger partial charge in [-0.3, -0.25) is 9.89 Å². The molecule has 3 N–H and O–H groups in total. The van der Waals surface area contributed by atoms with Gasteiger partial charge >= 0.3 is 5.97 Å². The fourth-order valence-electron chi connectivity index (χ4n) is 3.52. The predicted octanol–water partition coefficient (Wildman–Crippen LogP) is 0.934. The number of carboxylic acid groups (broad SMARTS) is 1. The lowest BCUT2D eigenvalue weighted by Crippen LogP contribution is -2.45. The van der Waals surface area contributed by atoms with E-state index in [2.05, 4.69) is 10.2 Å². The van der Waals surface area contributed by atoms with E-state index in [4.69, 9.17) is 5.11 Å². The van der Waals surface area contributed by atoms with Crippen molar-refractivity contribution in [2.75, 3.05) is 6.54 Å². The van der Waals surface area contributed by atoms with Gasteiger partial charge in [-0.15, -0.1) is 0 Å². The summed E-state index contributed by atoms with van der Waals surface area (Å²) in [6.45, 7) is 0.716. The molecule has 1 aliphatic heterocycles. The molecule has 1 aliphatic carbocycles. The summed E-state index contributed by atoms with van der Waals surface area (Å²) in [5.74, 6) is -1.25. The molecular weight excluding hydrogens is 286 g/mol. The number of amides is 1. The topological polar surface area (TPSA) is 107 Å². The number of aliphatic hydroxyl groups excluding tert-OH is 1. The molecule has 7 heteroatoms. The van der Waals surface area contributed by atoms with Crippen LogP contribution in [0, 0.1) is 5.92 Å². The number of hydrogen-bond acceptors (Lipinski definition) is 4. The van der Waals surface area contributed by atoms with E-state index in [0.717, 1.165) is 25.7 Å². The lowest BCUT2D eigenvalue weighted by atomic mass is 9.84. The van der Waals surface area contributed by atoms with Crippen molar-refractivity contribution in [1.29, 1.82) is 0 Å². The minimum Gasteiger partial charge on any atom is -0.476 e. The van der Waals surface area contributed by atoms with Crippen LogP contribution in [-0.4, -0.2) is 49.8 Å². The second kappa shape index (κ2) is 6.08. The van der Waals surface area contributed by atoms with Gasteiger partial charge < -0.3 is 15.1 Å². The number of carbonyl (C=O) groups excluding carboxylic acids is 1. The lowest BCUT2D eigenvalue weighted by Gasteiger charge is -2.32. The van der Waals surface area contributed by atoms with Gasteiger partial charge in [0.05, 0.1) is 12.2 Å². The minimum atomic E-state index is -1.06. The average Bonchev–Trinajstić information content (AvgIpc) is 2.97. The first-order valence-electron chi connectivity index (χ1n) is 7.84. The van der Waals surface area contributed by atoms with Gasteiger partial charge in [0.25, 0.3) is 5.91 Å². The monoisotopic (exact) mass is 307 g/mol. The molecule has 3 rings (SSSR count). The lowest BCUT2D eigenvalue weighted by molar-refractivity contribution is -0.144. The van der Waals surface area contributed by atoms with Gasteiger partial charge in [-0.2, -0.15) is 5.10 Å². The number of fused-ring (bicyclic) bond motifs is 1. The highest BCUT2D eigenvalue weighted by molar-refractivity contribution is 5.88. The summed E-state index contributed by atoms with van der Waals surface area (Å²) >= 11 is 0. The minimum absolute atomic E-state index is 0.0370.